The van der Waals surface area contributed by atoms with Crippen LogP contribution in [0.4, 0.5) is 20.2 Å². The molecule has 0 saturated heterocycles. The highest BCUT2D eigenvalue weighted by Crippen LogP contribution is 2.46. The van der Waals surface area contributed by atoms with Crippen molar-refractivity contribution >= 4 is 45.5 Å². The Morgan fingerprint density at radius 1 is 0.659 bits per heavy atom. The summed E-state index contributed by atoms with van der Waals surface area (Å²) in [5, 5.41) is 27.0. The summed E-state index contributed by atoms with van der Waals surface area (Å²) in [5.41, 5.74) is 11.7. The summed E-state index contributed by atoms with van der Waals surface area (Å²) in [6.07, 6.45) is 10.9. The van der Waals surface area contributed by atoms with Gasteiger partial charge in [-0.25, -0.2) is 28.7 Å². The summed E-state index contributed by atoms with van der Waals surface area (Å²) in [5.74, 6) is -0.0607. The van der Waals surface area contributed by atoms with Gasteiger partial charge in [-0.3, -0.25) is 14.3 Å². The number of nitrogens with one attached hydrogen (secondary N) is 2. The van der Waals surface area contributed by atoms with Crippen molar-refractivity contribution in [3.8, 4) is 56.5 Å². The molecule has 2 amide bonds. The number of carbonyl (C=O) groups is 2. The number of carbonyl (C=O) groups excluding carboxylic acids is 2. The van der Waals surface area contributed by atoms with Gasteiger partial charge in [0.25, 0.3) is 11.8 Å². The first kappa shape index (κ1) is 50.9. The lowest BCUT2D eigenvalue weighted by Gasteiger charge is -2.25. The summed E-state index contributed by atoms with van der Waals surface area (Å²) in [4.78, 5) is 59.9. The summed E-state index contributed by atoms with van der Waals surface area (Å²) in [7, 11) is 3.95. The van der Waals surface area contributed by atoms with Gasteiger partial charge in [0.05, 0.1) is 50.3 Å². The van der Waals surface area contributed by atoms with Crippen molar-refractivity contribution in [1.29, 1.82) is 0 Å². The van der Waals surface area contributed by atoms with Crippen LogP contribution in [0.2, 0.25) is 0 Å². The number of aliphatic hydroxyl groups is 2. The molecule has 0 spiro atoms. The van der Waals surface area contributed by atoms with E-state index < -0.39 is 30.1 Å². The Bertz CT molecular complexity index is 4200. The Morgan fingerprint density at radius 3 is 2.04 bits per heavy atom. The van der Waals surface area contributed by atoms with Gasteiger partial charge >= 0.3 is 0 Å². The number of fused-ring (bicyclic) bond motifs is 4. The molecule has 17 nitrogen and oxygen atoms in total. The van der Waals surface area contributed by atoms with E-state index in [1.54, 1.807) is 46.4 Å². The summed E-state index contributed by atoms with van der Waals surface area (Å²) in [6, 6.07) is 27.4. The Balaban J connectivity index is 0.784. The molecule has 2 saturated carbocycles. The smallest absolute Gasteiger partial charge is 0.265 e. The SMILES string of the molecule is CN(C)c1ccc(-c2nc3c(-c4cccc(N5CCOc6cc(C7CC7)cc(F)c6C5=O)c4CO)c(Cn4cc(-c5nc6c(-c7ccc(CN8CCOc9cc(C%10CC%10)cc(F)c9C8=O)cc7CO)ccnc6[nH]5)cn4)cnc3[nH]2)cc1. The summed E-state index contributed by atoms with van der Waals surface area (Å²) in [6.45, 7) is 0.329. The molecule has 0 bridgehead atoms. The quantitative estimate of drug-likeness (QED) is 0.0803. The van der Waals surface area contributed by atoms with E-state index in [4.69, 9.17) is 29.5 Å². The number of rotatable bonds is 14. The van der Waals surface area contributed by atoms with Crippen LogP contribution in [0.25, 0.3) is 67.4 Å². The zero-order valence-electron chi connectivity index (χ0n) is 44.9. The Kier molecular flexibility index (Phi) is 12.6. The maximum Gasteiger partial charge on any atom is 0.265 e. The molecule has 5 aromatic carbocycles. The number of imidazole rings is 2. The van der Waals surface area contributed by atoms with Crippen LogP contribution in [-0.4, -0.2) is 107 Å². The van der Waals surface area contributed by atoms with Gasteiger partial charge in [0.1, 0.15) is 70.2 Å². The minimum atomic E-state index is -0.636. The number of amides is 2. The average Bonchev–Trinajstić information content (AvgIpc) is 4.57. The van der Waals surface area contributed by atoms with Gasteiger partial charge in [-0.1, -0.05) is 30.3 Å². The highest BCUT2D eigenvalue weighted by atomic mass is 19.1. The van der Waals surface area contributed by atoms with E-state index in [9.17, 15) is 19.8 Å². The maximum atomic E-state index is 16.0. The number of anilines is 2. The molecule has 14 rings (SSSR count). The lowest BCUT2D eigenvalue weighted by atomic mass is 9.94. The molecule has 2 aliphatic carbocycles. The Labute approximate surface area is 468 Å². The minimum absolute atomic E-state index is 0.0556. The molecule has 7 heterocycles. The second-order valence-electron chi connectivity index (χ2n) is 21.7. The molecular formula is C63H55F2N11O6. The van der Waals surface area contributed by atoms with Crippen LogP contribution in [0.3, 0.4) is 0 Å². The van der Waals surface area contributed by atoms with E-state index in [1.165, 1.54) is 17.0 Å². The molecule has 0 unspecified atom stereocenters. The third-order valence-corrected chi connectivity index (χ3v) is 16.1. The van der Waals surface area contributed by atoms with Crippen LogP contribution in [0, 0.1) is 11.6 Å². The van der Waals surface area contributed by atoms with Crippen LogP contribution in [0.15, 0.2) is 116 Å². The first-order valence-corrected chi connectivity index (χ1v) is 27.5. The number of hydrogen-bond acceptors (Lipinski definition) is 12. The van der Waals surface area contributed by atoms with Crippen molar-refractivity contribution < 1.29 is 38.1 Å². The number of aromatic amines is 2. The zero-order chi connectivity index (χ0) is 55.9. The predicted octanol–water partition coefficient (Wildman–Crippen LogP) is 10.3. The highest BCUT2D eigenvalue weighted by molar-refractivity contribution is 6.10. The molecule has 19 heteroatoms. The van der Waals surface area contributed by atoms with Crippen LogP contribution in [-0.2, 0) is 26.3 Å². The van der Waals surface area contributed by atoms with Crippen LogP contribution in [0.1, 0.15) is 91.6 Å². The largest absolute Gasteiger partial charge is 0.491 e. The molecule has 0 atom stereocenters. The van der Waals surface area contributed by atoms with Crippen molar-refractivity contribution in [3.63, 3.8) is 0 Å². The lowest BCUT2D eigenvalue weighted by molar-refractivity contribution is 0.0738. The number of aromatic nitrogens is 8. The third-order valence-electron chi connectivity index (χ3n) is 16.1. The van der Waals surface area contributed by atoms with E-state index in [1.807, 2.05) is 85.9 Å². The number of hydrogen-bond donors (Lipinski definition) is 4. The third kappa shape index (κ3) is 9.15. The summed E-state index contributed by atoms with van der Waals surface area (Å²) >= 11 is 0. The van der Waals surface area contributed by atoms with Gasteiger partial charge in [-0.05, 0) is 132 Å². The van der Waals surface area contributed by atoms with Gasteiger partial charge in [-0.15, -0.1) is 0 Å². The van der Waals surface area contributed by atoms with E-state index in [2.05, 4.69) is 15.0 Å². The number of H-pyrrole nitrogens is 2. The number of benzene rings is 5. The Morgan fingerprint density at radius 2 is 1.34 bits per heavy atom. The first-order valence-electron chi connectivity index (χ1n) is 27.5. The molecule has 4 aliphatic rings. The molecule has 0 radical (unpaired) electrons. The maximum absolute atomic E-state index is 16.0. The number of halogens is 2. The Hall–Kier alpha value is -9.33. The second kappa shape index (κ2) is 20.3. The second-order valence-corrected chi connectivity index (χ2v) is 21.7. The monoisotopic (exact) mass is 1100 g/mol. The molecule has 10 aromatic rings. The highest BCUT2D eigenvalue weighted by Gasteiger charge is 2.35. The standard InChI is InChI=1S/C63H55F2N11O6/c1-73(2)43-13-11-37(12-14-43)58-70-57-53(45-4-3-5-50(47(45)33-78)76-19-21-82-52-26-39(36-9-10-36)24-49(65)55(52)63(76)80)41(27-67-61(57)71-58)30-75-31-42(28-68-75)59-69-56-46(16-17-66-60(56)72-59)44-15-6-34(22-40(44)32-77)29-74-18-20-81-51-25-38(35-7-8-35)23-48(64)54(51)62(74)79/h3-6,11-17,22-28,31,35-36,77-78H,7-10,18-21,29-30,32-33H2,1-2H3,(H,66,69,72)(H,67,70,71). The molecule has 412 valence electrons. The van der Waals surface area contributed by atoms with Crippen LogP contribution in [0.5, 0.6) is 11.5 Å². The summed E-state index contributed by atoms with van der Waals surface area (Å²) < 4.78 is 45.2. The van der Waals surface area contributed by atoms with Gasteiger partial charge in [-0.2, -0.15) is 5.10 Å². The van der Waals surface area contributed by atoms with Crippen molar-refractivity contribution in [3.05, 3.63) is 172 Å². The van der Waals surface area contributed by atoms with Crippen molar-refractivity contribution in [1.82, 2.24) is 44.6 Å². The lowest BCUT2D eigenvalue weighted by Crippen LogP contribution is -2.33. The molecular weight excluding hydrogens is 1040 g/mol. The van der Waals surface area contributed by atoms with Gasteiger partial charge < -0.3 is 44.4 Å². The average molecular weight is 1100 g/mol. The number of nitrogens with zero attached hydrogens (tertiary/aromatic N) is 9. The predicted molar refractivity (Wildman–Crippen MR) is 305 cm³/mol. The van der Waals surface area contributed by atoms with E-state index in [-0.39, 0.29) is 74.5 Å². The van der Waals surface area contributed by atoms with E-state index >= 15 is 8.78 Å². The van der Waals surface area contributed by atoms with Crippen molar-refractivity contribution in [2.45, 2.75) is 63.8 Å². The number of pyridine rings is 2. The fourth-order valence-corrected chi connectivity index (χ4v) is 11.6. The topological polar surface area (TPSA) is 204 Å². The van der Waals surface area contributed by atoms with E-state index in [0.717, 1.165) is 64.8 Å². The van der Waals surface area contributed by atoms with E-state index in [0.29, 0.717) is 79.0 Å². The van der Waals surface area contributed by atoms with Crippen LogP contribution >= 0.6 is 0 Å². The molecule has 4 N–H and O–H groups in total. The van der Waals surface area contributed by atoms with Crippen LogP contribution < -0.4 is 19.3 Å². The number of aliphatic hydroxyl groups excluding tert-OH is 2. The molecule has 2 fully saturated rings. The zero-order valence-corrected chi connectivity index (χ0v) is 44.9. The fourth-order valence-electron chi connectivity index (χ4n) is 11.6. The van der Waals surface area contributed by atoms with Gasteiger partial charge in [0.15, 0.2) is 11.3 Å². The van der Waals surface area contributed by atoms with Crippen molar-refractivity contribution in [2.24, 2.45) is 0 Å². The fraction of sp³-hybridized carbons (Fsp3) is 0.254. The van der Waals surface area contributed by atoms with Gasteiger partial charge in [0.2, 0.25) is 0 Å². The molecule has 2 aliphatic heterocycles. The number of ether oxygens (including phenoxy) is 2. The van der Waals surface area contributed by atoms with Crippen molar-refractivity contribution in [2.75, 3.05) is 50.2 Å². The molecule has 5 aromatic heterocycles. The molecule has 82 heavy (non-hydrogen) atoms. The normalized spacial score (nSPS) is 15.3. The first-order chi connectivity index (χ1) is 40.0. The van der Waals surface area contributed by atoms with Gasteiger partial charge in [0, 0.05) is 72.7 Å². The minimum Gasteiger partial charge on any atom is -0.491 e.